The van der Waals surface area contributed by atoms with Crippen LogP contribution in [0.25, 0.3) is 5.52 Å². The van der Waals surface area contributed by atoms with E-state index >= 15 is 0 Å². The Morgan fingerprint density at radius 2 is 2.18 bits per heavy atom. The number of nitrogens with zero attached hydrogens (tertiary/aromatic N) is 2. The number of ketones is 1. The summed E-state index contributed by atoms with van der Waals surface area (Å²) in [5, 5.41) is 4.05. The Morgan fingerprint density at radius 1 is 1.41 bits per heavy atom. The number of pyridine rings is 1. The first-order valence-electron chi connectivity index (χ1n) is 4.90. The number of aromatic nitrogens is 2. The fraction of sp³-hybridized carbons (Fsp3) is 0.0833. The molecule has 0 radical (unpaired) electrons. The Labute approximate surface area is 97.3 Å². The average molecular weight is 230 g/mol. The normalized spacial score (nSPS) is 10.2. The van der Waals surface area contributed by atoms with Crippen LogP contribution >= 0.6 is 0 Å². The van der Waals surface area contributed by atoms with Crippen LogP contribution in [0.3, 0.4) is 0 Å². The molecule has 0 aliphatic carbocycles. The first kappa shape index (κ1) is 11.1. The van der Waals surface area contributed by atoms with Gasteiger partial charge in [0.2, 0.25) is 5.78 Å². The van der Waals surface area contributed by atoms with Gasteiger partial charge in [0.15, 0.2) is 0 Å². The lowest BCUT2D eigenvalue weighted by molar-refractivity contribution is -0.135. The van der Waals surface area contributed by atoms with E-state index in [1.54, 1.807) is 22.8 Å². The van der Waals surface area contributed by atoms with Crippen LogP contribution in [0.4, 0.5) is 0 Å². The van der Waals surface area contributed by atoms with E-state index in [9.17, 15) is 9.59 Å². The van der Waals surface area contributed by atoms with Crippen LogP contribution in [-0.2, 0) is 9.53 Å². The molecular weight excluding hydrogens is 220 g/mol. The molecule has 2 aromatic heterocycles. The zero-order chi connectivity index (χ0) is 12.4. The minimum Gasteiger partial charge on any atom is -0.465 e. The van der Waals surface area contributed by atoms with Crippen molar-refractivity contribution < 1.29 is 14.3 Å². The molecule has 0 aliphatic heterocycles. The summed E-state index contributed by atoms with van der Waals surface area (Å²) in [5.74, 6) is -1.27. The highest BCUT2D eigenvalue weighted by molar-refractivity contribution is 6.23. The number of rotatable bonds is 3. The van der Waals surface area contributed by atoms with Crippen molar-refractivity contribution in [1.29, 1.82) is 0 Å². The van der Waals surface area contributed by atoms with Crippen LogP contribution in [0.15, 0.2) is 42.6 Å². The smallest absolute Gasteiger partial charge is 0.341 e. The van der Waals surface area contributed by atoms with Crippen molar-refractivity contribution in [1.82, 2.24) is 9.61 Å². The van der Waals surface area contributed by atoms with E-state index < -0.39 is 11.8 Å². The molecular formula is C12H10N2O3. The average Bonchev–Trinajstić information content (AvgIpc) is 2.79. The molecule has 5 nitrogen and oxygen atoms in total. The monoisotopic (exact) mass is 230 g/mol. The van der Waals surface area contributed by atoms with Crippen molar-refractivity contribution in [2.75, 3.05) is 7.11 Å². The summed E-state index contributed by atoms with van der Waals surface area (Å²) in [6, 6.07) is 7.03. The van der Waals surface area contributed by atoms with Crippen molar-refractivity contribution in [3.63, 3.8) is 0 Å². The standard InChI is InChI=1S/C12H10N2O3/c1-8(12(16)17-2)11(15)10-7-9-5-3-4-6-14(9)13-10/h3-7H,1H2,2H3. The summed E-state index contributed by atoms with van der Waals surface area (Å²) in [6.45, 7) is 3.40. The molecule has 5 heteroatoms. The molecule has 0 fully saturated rings. The number of esters is 1. The van der Waals surface area contributed by atoms with E-state index in [2.05, 4.69) is 16.4 Å². The van der Waals surface area contributed by atoms with Gasteiger partial charge in [-0.2, -0.15) is 5.10 Å². The zero-order valence-electron chi connectivity index (χ0n) is 9.21. The second kappa shape index (κ2) is 4.21. The third-order valence-corrected chi connectivity index (χ3v) is 2.31. The third-order valence-electron chi connectivity index (χ3n) is 2.31. The number of carbonyl (C=O) groups excluding carboxylic acids is 2. The van der Waals surface area contributed by atoms with Gasteiger partial charge in [-0.3, -0.25) is 4.79 Å². The van der Waals surface area contributed by atoms with Gasteiger partial charge in [-0.05, 0) is 18.2 Å². The van der Waals surface area contributed by atoms with E-state index in [4.69, 9.17) is 0 Å². The maximum Gasteiger partial charge on any atom is 0.341 e. The van der Waals surface area contributed by atoms with Crippen LogP contribution in [0.2, 0.25) is 0 Å². The number of Topliss-reactive ketones (excluding diaryl/α,β-unsaturated/α-hetero) is 1. The van der Waals surface area contributed by atoms with Crippen LogP contribution in [0, 0.1) is 0 Å². The molecule has 2 rings (SSSR count). The third kappa shape index (κ3) is 1.94. The van der Waals surface area contributed by atoms with Gasteiger partial charge in [-0.25, -0.2) is 9.31 Å². The Balaban J connectivity index is 2.37. The van der Waals surface area contributed by atoms with E-state index in [0.717, 1.165) is 5.52 Å². The topological polar surface area (TPSA) is 60.7 Å². The minimum absolute atomic E-state index is 0.173. The summed E-state index contributed by atoms with van der Waals surface area (Å²) in [4.78, 5) is 23.0. The summed E-state index contributed by atoms with van der Waals surface area (Å²) >= 11 is 0. The predicted octanol–water partition coefficient (Wildman–Crippen LogP) is 1.25. The summed E-state index contributed by atoms with van der Waals surface area (Å²) in [6.07, 6.45) is 1.72. The molecule has 2 heterocycles. The first-order chi connectivity index (χ1) is 8.13. The number of hydrogen-bond donors (Lipinski definition) is 0. The highest BCUT2D eigenvalue weighted by atomic mass is 16.5. The molecule has 17 heavy (non-hydrogen) atoms. The van der Waals surface area contributed by atoms with Gasteiger partial charge in [0.25, 0.3) is 0 Å². The molecule has 86 valence electrons. The largest absolute Gasteiger partial charge is 0.465 e. The second-order valence-electron chi connectivity index (χ2n) is 3.40. The maximum absolute atomic E-state index is 11.8. The van der Waals surface area contributed by atoms with Gasteiger partial charge in [0.1, 0.15) is 11.3 Å². The molecule has 0 saturated heterocycles. The lowest BCUT2D eigenvalue weighted by Crippen LogP contribution is -2.14. The Hall–Kier alpha value is -2.43. The van der Waals surface area contributed by atoms with Crippen molar-refractivity contribution in [3.05, 3.63) is 48.3 Å². The second-order valence-corrected chi connectivity index (χ2v) is 3.40. The highest BCUT2D eigenvalue weighted by Gasteiger charge is 2.20. The van der Waals surface area contributed by atoms with E-state index in [1.807, 2.05) is 12.1 Å². The quantitative estimate of drug-likeness (QED) is 0.262. The molecule has 2 aromatic rings. The molecule has 0 N–H and O–H groups in total. The fourth-order valence-corrected chi connectivity index (χ4v) is 1.42. The SMILES string of the molecule is C=C(C(=O)OC)C(=O)c1cc2ccccn2n1. The van der Waals surface area contributed by atoms with Gasteiger partial charge >= 0.3 is 5.97 Å². The molecule has 0 amide bonds. The number of hydrogen-bond acceptors (Lipinski definition) is 4. The lowest BCUT2D eigenvalue weighted by Gasteiger charge is -1.98. The van der Waals surface area contributed by atoms with Crippen LogP contribution < -0.4 is 0 Å². The van der Waals surface area contributed by atoms with Gasteiger partial charge in [0, 0.05) is 6.20 Å². The zero-order valence-corrected chi connectivity index (χ0v) is 9.21. The highest BCUT2D eigenvalue weighted by Crippen LogP contribution is 2.10. The van der Waals surface area contributed by atoms with Gasteiger partial charge in [-0.15, -0.1) is 0 Å². The molecule has 0 aromatic carbocycles. The van der Waals surface area contributed by atoms with Crippen molar-refractivity contribution in [2.24, 2.45) is 0 Å². The molecule has 0 saturated carbocycles. The van der Waals surface area contributed by atoms with Crippen molar-refractivity contribution in [2.45, 2.75) is 0 Å². The van der Waals surface area contributed by atoms with Crippen LogP contribution in [-0.4, -0.2) is 28.5 Å². The Morgan fingerprint density at radius 3 is 2.82 bits per heavy atom. The number of methoxy groups -OCH3 is 1. The lowest BCUT2D eigenvalue weighted by atomic mass is 10.1. The van der Waals surface area contributed by atoms with E-state index in [1.165, 1.54) is 7.11 Å². The predicted molar refractivity (Wildman–Crippen MR) is 60.7 cm³/mol. The molecule has 0 aliphatic rings. The molecule has 0 bridgehead atoms. The molecule has 0 atom stereocenters. The first-order valence-corrected chi connectivity index (χ1v) is 4.90. The Bertz CT molecular complexity index is 580. The van der Waals surface area contributed by atoms with Gasteiger partial charge in [0.05, 0.1) is 12.6 Å². The van der Waals surface area contributed by atoms with Gasteiger partial charge in [-0.1, -0.05) is 12.6 Å². The fourth-order valence-electron chi connectivity index (χ4n) is 1.42. The molecule has 0 spiro atoms. The maximum atomic E-state index is 11.8. The summed E-state index contributed by atoms with van der Waals surface area (Å²) in [7, 11) is 1.20. The number of carbonyl (C=O) groups is 2. The minimum atomic E-state index is -0.743. The van der Waals surface area contributed by atoms with Crippen LogP contribution in [0.1, 0.15) is 10.5 Å². The number of fused-ring (bicyclic) bond motifs is 1. The van der Waals surface area contributed by atoms with E-state index in [-0.39, 0.29) is 11.3 Å². The summed E-state index contributed by atoms with van der Waals surface area (Å²) < 4.78 is 5.99. The van der Waals surface area contributed by atoms with Crippen molar-refractivity contribution in [3.8, 4) is 0 Å². The summed E-state index contributed by atoms with van der Waals surface area (Å²) in [5.41, 5.74) is 0.719. The molecule has 0 unspecified atom stereocenters. The number of ether oxygens (including phenoxy) is 1. The van der Waals surface area contributed by atoms with Crippen LogP contribution in [0.5, 0.6) is 0 Å². The van der Waals surface area contributed by atoms with Gasteiger partial charge < -0.3 is 4.74 Å². The van der Waals surface area contributed by atoms with Crippen molar-refractivity contribution >= 4 is 17.3 Å². The van der Waals surface area contributed by atoms with E-state index in [0.29, 0.717) is 0 Å². The Kier molecular flexibility index (Phi) is 2.74.